The maximum absolute atomic E-state index is 12.5. The molecule has 0 spiro atoms. The van der Waals surface area contributed by atoms with Crippen LogP contribution in [-0.4, -0.2) is 0 Å². The first kappa shape index (κ1) is 4.91. The minimum atomic E-state index is -0.644. The summed E-state index contributed by atoms with van der Waals surface area (Å²) >= 11 is 0. The lowest BCUT2D eigenvalue weighted by molar-refractivity contribution is 0.577. The van der Waals surface area contributed by atoms with Gasteiger partial charge < -0.3 is 0 Å². The van der Waals surface area contributed by atoms with E-state index < -0.39 is 11.6 Å². The summed E-state index contributed by atoms with van der Waals surface area (Å²) in [6.45, 7) is -0.147. The first-order valence-corrected chi connectivity index (χ1v) is 2.47. The van der Waals surface area contributed by atoms with Gasteiger partial charge in [-0.3, -0.25) is 0 Å². The lowest BCUT2D eigenvalue weighted by Crippen LogP contribution is -1.81. The average Bonchev–Trinajstić information content (AvgIpc) is 1.88. The van der Waals surface area contributed by atoms with Gasteiger partial charge in [0.05, 0.1) is 0 Å². The number of hydrogen-bond acceptors (Lipinski definition) is 0. The van der Waals surface area contributed by atoms with Crippen LogP contribution >= 0.6 is 0 Å². The molecule has 0 atom stereocenters. The van der Waals surface area contributed by atoms with Crippen LogP contribution in [0.15, 0.2) is 18.2 Å². The summed E-state index contributed by atoms with van der Waals surface area (Å²) in [4.78, 5) is 0. The number of hydrogen-bond donors (Lipinski definition) is 0. The van der Waals surface area contributed by atoms with E-state index in [1.54, 1.807) is 0 Å². The Morgan fingerprint density at radius 2 is 2.22 bits per heavy atom. The van der Waals surface area contributed by atoms with Crippen molar-refractivity contribution in [1.29, 1.82) is 0 Å². The Morgan fingerprint density at radius 1 is 1.44 bits per heavy atom. The topological polar surface area (TPSA) is 0 Å². The van der Waals surface area contributed by atoms with Crippen LogP contribution in [-0.2, 0) is 0 Å². The van der Waals surface area contributed by atoms with Gasteiger partial charge in [-0.25, -0.2) is 8.78 Å². The summed E-state index contributed by atoms with van der Waals surface area (Å²) in [6, 6.07) is 3.20. The number of aryl methyl sites for hydroxylation is 1. The molecule has 0 amide bonds. The van der Waals surface area contributed by atoms with E-state index in [1.807, 2.05) is 0 Å². The number of benzene rings is 1. The molecular formula is C7H6F2. The first-order valence-electron chi connectivity index (χ1n) is 3.18. The highest BCUT2D eigenvalue weighted by atomic mass is 19.1. The zero-order chi connectivity index (χ0) is 7.56. The van der Waals surface area contributed by atoms with Crippen LogP contribution in [0.4, 0.5) is 8.78 Å². The molecule has 0 nitrogen and oxygen atoms in total. The molecule has 0 aromatic heterocycles. The molecule has 0 aliphatic heterocycles. The van der Waals surface area contributed by atoms with E-state index in [0.29, 0.717) is 0 Å². The predicted molar refractivity (Wildman–Crippen MR) is 31.1 cm³/mol. The molecule has 0 saturated carbocycles. The average molecular weight is 129 g/mol. The molecular weight excluding hydrogens is 122 g/mol. The van der Waals surface area contributed by atoms with Crippen molar-refractivity contribution >= 4 is 0 Å². The van der Waals surface area contributed by atoms with Gasteiger partial charge in [0.2, 0.25) is 0 Å². The van der Waals surface area contributed by atoms with Crippen LogP contribution in [0.1, 0.15) is 6.93 Å². The molecule has 0 aliphatic carbocycles. The normalized spacial score (nSPS) is 11.1. The Bertz CT molecular complexity index is 235. The standard InChI is InChI=1S/C7H6F2/c1-5-2-3-6(8)4-7(5)9/h2-4H,1H3/i1D. The molecule has 0 saturated heterocycles. The molecule has 0 N–H and O–H groups in total. The fourth-order valence-corrected chi connectivity index (χ4v) is 0.522. The number of halogens is 2. The van der Waals surface area contributed by atoms with E-state index in [9.17, 15) is 8.78 Å². The maximum atomic E-state index is 12.5. The van der Waals surface area contributed by atoms with Crippen LogP contribution in [0.2, 0.25) is 0 Å². The largest absolute Gasteiger partial charge is 0.207 e. The van der Waals surface area contributed by atoms with Crippen molar-refractivity contribution in [3.63, 3.8) is 0 Å². The fourth-order valence-electron chi connectivity index (χ4n) is 0.522. The van der Waals surface area contributed by atoms with Crippen LogP contribution in [0.5, 0.6) is 0 Å². The predicted octanol–water partition coefficient (Wildman–Crippen LogP) is 2.27. The molecule has 0 heterocycles. The molecule has 0 radical (unpaired) electrons. The fraction of sp³-hybridized carbons (Fsp3) is 0.143. The Morgan fingerprint density at radius 3 is 2.78 bits per heavy atom. The van der Waals surface area contributed by atoms with Gasteiger partial charge in [0.1, 0.15) is 11.6 Å². The van der Waals surface area contributed by atoms with E-state index in [1.165, 1.54) is 6.07 Å². The van der Waals surface area contributed by atoms with Crippen LogP contribution in [0, 0.1) is 18.5 Å². The molecule has 1 rings (SSSR count). The smallest absolute Gasteiger partial charge is 0.129 e. The zero-order valence-corrected chi connectivity index (χ0v) is 4.70. The lowest BCUT2D eigenvalue weighted by Gasteiger charge is -1.92. The number of rotatable bonds is 0. The Labute approximate surface area is 53.5 Å². The minimum Gasteiger partial charge on any atom is -0.207 e. The second-order valence-corrected chi connectivity index (χ2v) is 1.74. The van der Waals surface area contributed by atoms with Crippen LogP contribution in [0.3, 0.4) is 0 Å². The SMILES string of the molecule is [2H]Cc1ccc(F)cc1F. The van der Waals surface area contributed by atoms with Gasteiger partial charge in [0.15, 0.2) is 0 Å². The molecule has 0 fully saturated rings. The zero-order valence-electron chi connectivity index (χ0n) is 5.70. The van der Waals surface area contributed by atoms with Gasteiger partial charge in [-0.15, -0.1) is 0 Å². The summed E-state index contributed by atoms with van der Waals surface area (Å²) in [5.41, 5.74) is 0.224. The maximum Gasteiger partial charge on any atom is 0.129 e. The first-order chi connectivity index (χ1) is 4.74. The van der Waals surface area contributed by atoms with Crippen molar-refractivity contribution in [3.05, 3.63) is 35.4 Å². The van der Waals surface area contributed by atoms with E-state index >= 15 is 0 Å². The molecule has 1 aromatic rings. The van der Waals surface area contributed by atoms with Gasteiger partial charge >= 0.3 is 0 Å². The van der Waals surface area contributed by atoms with Gasteiger partial charge in [-0.2, -0.15) is 0 Å². The molecule has 48 valence electrons. The quantitative estimate of drug-likeness (QED) is 0.504. The van der Waals surface area contributed by atoms with Crippen LogP contribution in [0.25, 0.3) is 0 Å². The van der Waals surface area contributed by atoms with E-state index in [4.69, 9.17) is 1.37 Å². The second-order valence-electron chi connectivity index (χ2n) is 1.74. The van der Waals surface area contributed by atoms with E-state index in [2.05, 4.69) is 0 Å². The van der Waals surface area contributed by atoms with Gasteiger partial charge in [-0.1, -0.05) is 6.07 Å². The highest BCUT2D eigenvalue weighted by molar-refractivity contribution is 5.16. The van der Waals surface area contributed by atoms with Crippen LogP contribution < -0.4 is 0 Å². The van der Waals surface area contributed by atoms with Crippen molar-refractivity contribution in [2.24, 2.45) is 0 Å². The van der Waals surface area contributed by atoms with Crippen molar-refractivity contribution in [1.82, 2.24) is 0 Å². The summed E-state index contributed by atoms with van der Waals surface area (Å²) in [6.07, 6.45) is 0. The van der Waals surface area contributed by atoms with Crippen molar-refractivity contribution in [3.8, 4) is 0 Å². The summed E-state index contributed by atoms with van der Waals surface area (Å²) in [7, 11) is 0. The minimum absolute atomic E-state index is 0.147. The van der Waals surface area contributed by atoms with E-state index in [-0.39, 0.29) is 12.5 Å². The molecule has 0 unspecified atom stereocenters. The van der Waals surface area contributed by atoms with Crippen molar-refractivity contribution < 1.29 is 10.2 Å². The molecule has 2 heteroatoms. The third kappa shape index (κ3) is 1.25. The summed E-state index contributed by atoms with van der Waals surface area (Å²) in [5.74, 6) is -1.25. The summed E-state index contributed by atoms with van der Waals surface area (Å²) in [5, 5.41) is 0. The summed E-state index contributed by atoms with van der Waals surface area (Å²) < 4.78 is 31.5. The van der Waals surface area contributed by atoms with Gasteiger partial charge in [0, 0.05) is 7.44 Å². The van der Waals surface area contributed by atoms with Crippen molar-refractivity contribution in [2.75, 3.05) is 0 Å². The Kier molecular flexibility index (Phi) is 1.16. The molecule has 0 bridgehead atoms. The molecule has 1 aromatic carbocycles. The van der Waals surface area contributed by atoms with E-state index in [0.717, 1.165) is 12.1 Å². The third-order valence-electron chi connectivity index (χ3n) is 1.02. The second kappa shape index (κ2) is 2.13. The molecule has 9 heavy (non-hydrogen) atoms. The molecule has 0 aliphatic rings. The monoisotopic (exact) mass is 129 g/mol. The van der Waals surface area contributed by atoms with Gasteiger partial charge in [0.25, 0.3) is 0 Å². The highest BCUT2D eigenvalue weighted by Crippen LogP contribution is 2.06. The van der Waals surface area contributed by atoms with Crippen molar-refractivity contribution in [2.45, 2.75) is 6.90 Å². The lowest BCUT2D eigenvalue weighted by atomic mass is 10.2. The Balaban J connectivity index is 3.07. The van der Waals surface area contributed by atoms with Gasteiger partial charge in [-0.05, 0) is 18.5 Å². The third-order valence-corrected chi connectivity index (χ3v) is 1.02. The highest BCUT2D eigenvalue weighted by Gasteiger charge is 1.95. The Hall–Kier alpha value is -0.920.